The van der Waals surface area contributed by atoms with Crippen LogP contribution in [0.2, 0.25) is 0 Å². The number of carbonyl (C=O) groups is 1. The van der Waals surface area contributed by atoms with E-state index in [0.29, 0.717) is 18.4 Å². The standard InChI is InChI=1S/C15H29N3O2/c1-12(2)9-18-7-4-13(10-18)8-16-14(19)17-11-15(20)5-3-6-15/h12-13,20H,3-11H2,1-2H3,(H2,16,17,19). The summed E-state index contributed by atoms with van der Waals surface area (Å²) in [6.45, 7) is 8.97. The Morgan fingerprint density at radius 2 is 2.15 bits per heavy atom. The van der Waals surface area contributed by atoms with Gasteiger partial charge in [-0.2, -0.15) is 0 Å². The smallest absolute Gasteiger partial charge is 0.314 e. The molecule has 0 radical (unpaired) electrons. The second-order valence-electron chi connectivity index (χ2n) is 6.95. The number of urea groups is 1. The summed E-state index contributed by atoms with van der Waals surface area (Å²) in [5.41, 5.74) is -0.640. The molecule has 2 rings (SSSR count). The number of hydrogen-bond donors (Lipinski definition) is 3. The van der Waals surface area contributed by atoms with Crippen molar-refractivity contribution in [3.05, 3.63) is 0 Å². The molecule has 0 spiro atoms. The summed E-state index contributed by atoms with van der Waals surface area (Å²) >= 11 is 0. The van der Waals surface area contributed by atoms with Crippen molar-refractivity contribution >= 4 is 6.03 Å². The topological polar surface area (TPSA) is 64.6 Å². The van der Waals surface area contributed by atoms with Gasteiger partial charge in [0.05, 0.1) is 5.60 Å². The van der Waals surface area contributed by atoms with E-state index in [9.17, 15) is 9.90 Å². The summed E-state index contributed by atoms with van der Waals surface area (Å²) in [7, 11) is 0. The summed E-state index contributed by atoms with van der Waals surface area (Å²) < 4.78 is 0. The SMILES string of the molecule is CC(C)CN1CCC(CNC(=O)NCC2(O)CCC2)C1. The van der Waals surface area contributed by atoms with Crippen LogP contribution in [0.1, 0.15) is 39.5 Å². The van der Waals surface area contributed by atoms with E-state index in [1.54, 1.807) is 0 Å². The number of nitrogens with zero attached hydrogens (tertiary/aromatic N) is 1. The van der Waals surface area contributed by atoms with E-state index in [0.717, 1.165) is 51.9 Å². The van der Waals surface area contributed by atoms with Gasteiger partial charge in [0, 0.05) is 26.2 Å². The minimum atomic E-state index is -0.640. The Morgan fingerprint density at radius 3 is 2.75 bits per heavy atom. The molecule has 1 heterocycles. The van der Waals surface area contributed by atoms with E-state index < -0.39 is 5.60 Å². The molecule has 1 atom stereocenters. The molecule has 0 aromatic rings. The minimum Gasteiger partial charge on any atom is -0.388 e. The molecular formula is C15H29N3O2. The van der Waals surface area contributed by atoms with Gasteiger partial charge in [-0.1, -0.05) is 13.8 Å². The molecule has 5 nitrogen and oxygen atoms in total. The van der Waals surface area contributed by atoms with Crippen molar-refractivity contribution in [3.8, 4) is 0 Å². The maximum Gasteiger partial charge on any atom is 0.314 e. The third kappa shape index (κ3) is 4.63. The third-order valence-electron chi connectivity index (χ3n) is 4.41. The van der Waals surface area contributed by atoms with Gasteiger partial charge in [-0.15, -0.1) is 0 Å². The van der Waals surface area contributed by atoms with Crippen LogP contribution in [-0.2, 0) is 0 Å². The molecule has 0 aromatic carbocycles. The summed E-state index contributed by atoms with van der Waals surface area (Å²) in [4.78, 5) is 14.2. The van der Waals surface area contributed by atoms with Gasteiger partial charge in [0.1, 0.15) is 0 Å². The zero-order valence-electron chi connectivity index (χ0n) is 12.8. The first-order valence-electron chi connectivity index (χ1n) is 7.93. The number of aliphatic hydroxyl groups is 1. The molecule has 5 heteroatoms. The molecule has 1 unspecified atom stereocenters. The van der Waals surface area contributed by atoms with Gasteiger partial charge in [0.2, 0.25) is 0 Å². The fourth-order valence-electron chi connectivity index (χ4n) is 3.07. The lowest BCUT2D eigenvalue weighted by molar-refractivity contribution is -0.0290. The lowest BCUT2D eigenvalue weighted by atomic mass is 9.80. The zero-order chi connectivity index (χ0) is 14.6. The number of amides is 2. The van der Waals surface area contributed by atoms with Crippen molar-refractivity contribution in [2.75, 3.05) is 32.7 Å². The molecule has 0 aromatic heterocycles. The Bertz CT molecular complexity index is 329. The number of hydrogen-bond acceptors (Lipinski definition) is 3. The van der Waals surface area contributed by atoms with Crippen molar-refractivity contribution < 1.29 is 9.90 Å². The van der Waals surface area contributed by atoms with Crippen molar-refractivity contribution in [2.24, 2.45) is 11.8 Å². The normalized spacial score (nSPS) is 25.5. The number of rotatable bonds is 6. The molecule has 20 heavy (non-hydrogen) atoms. The van der Waals surface area contributed by atoms with Crippen LogP contribution in [0.5, 0.6) is 0 Å². The van der Waals surface area contributed by atoms with E-state index in [-0.39, 0.29) is 6.03 Å². The van der Waals surface area contributed by atoms with Crippen molar-refractivity contribution in [1.29, 1.82) is 0 Å². The first kappa shape index (κ1) is 15.6. The molecule has 1 saturated carbocycles. The van der Waals surface area contributed by atoms with Crippen LogP contribution < -0.4 is 10.6 Å². The van der Waals surface area contributed by atoms with Crippen LogP contribution in [0.25, 0.3) is 0 Å². The van der Waals surface area contributed by atoms with E-state index in [1.165, 1.54) is 0 Å². The third-order valence-corrected chi connectivity index (χ3v) is 4.41. The van der Waals surface area contributed by atoms with Crippen LogP contribution in [0, 0.1) is 11.8 Å². The summed E-state index contributed by atoms with van der Waals surface area (Å²) in [5, 5.41) is 15.6. The van der Waals surface area contributed by atoms with E-state index in [4.69, 9.17) is 0 Å². The van der Waals surface area contributed by atoms with Crippen LogP contribution in [0.4, 0.5) is 4.79 Å². The van der Waals surface area contributed by atoms with Gasteiger partial charge in [-0.25, -0.2) is 4.79 Å². The molecule has 116 valence electrons. The monoisotopic (exact) mass is 283 g/mol. The molecule has 2 fully saturated rings. The van der Waals surface area contributed by atoms with Crippen molar-refractivity contribution in [3.63, 3.8) is 0 Å². The quantitative estimate of drug-likeness (QED) is 0.686. The first-order valence-corrected chi connectivity index (χ1v) is 7.93. The fraction of sp³-hybridized carbons (Fsp3) is 0.933. The van der Waals surface area contributed by atoms with Crippen LogP contribution in [0.15, 0.2) is 0 Å². The lowest BCUT2D eigenvalue weighted by Crippen LogP contribution is -2.50. The van der Waals surface area contributed by atoms with E-state index in [1.807, 2.05) is 0 Å². The van der Waals surface area contributed by atoms with Gasteiger partial charge in [-0.05, 0) is 44.1 Å². The molecule has 2 aliphatic rings. The molecular weight excluding hydrogens is 254 g/mol. The predicted molar refractivity (Wildman–Crippen MR) is 79.6 cm³/mol. The van der Waals surface area contributed by atoms with E-state index >= 15 is 0 Å². The van der Waals surface area contributed by atoms with Gasteiger partial charge in [0.25, 0.3) is 0 Å². The van der Waals surface area contributed by atoms with Gasteiger partial charge in [0.15, 0.2) is 0 Å². The molecule has 3 N–H and O–H groups in total. The molecule has 2 amide bonds. The summed E-state index contributed by atoms with van der Waals surface area (Å²) in [5.74, 6) is 1.26. The van der Waals surface area contributed by atoms with Crippen molar-refractivity contribution in [2.45, 2.75) is 45.1 Å². The minimum absolute atomic E-state index is 0.146. The highest BCUT2D eigenvalue weighted by Crippen LogP contribution is 2.30. The second kappa shape index (κ2) is 6.76. The molecule has 1 aliphatic carbocycles. The Morgan fingerprint density at radius 1 is 1.40 bits per heavy atom. The maximum atomic E-state index is 11.7. The Kier molecular flexibility index (Phi) is 5.27. The first-order chi connectivity index (χ1) is 9.47. The highest BCUT2D eigenvalue weighted by Gasteiger charge is 2.34. The lowest BCUT2D eigenvalue weighted by Gasteiger charge is -2.36. The average Bonchev–Trinajstić information content (AvgIpc) is 2.78. The molecule has 0 bridgehead atoms. The Balaban J connectivity index is 1.57. The zero-order valence-corrected chi connectivity index (χ0v) is 12.8. The number of carbonyl (C=O) groups excluding carboxylic acids is 1. The highest BCUT2D eigenvalue weighted by atomic mass is 16.3. The van der Waals surface area contributed by atoms with Crippen LogP contribution >= 0.6 is 0 Å². The largest absolute Gasteiger partial charge is 0.388 e. The second-order valence-corrected chi connectivity index (χ2v) is 6.95. The van der Waals surface area contributed by atoms with Crippen LogP contribution in [-0.4, -0.2) is 54.4 Å². The van der Waals surface area contributed by atoms with Gasteiger partial charge < -0.3 is 20.6 Å². The number of nitrogens with one attached hydrogen (secondary N) is 2. The van der Waals surface area contributed by atoms with Crippen molar-refractivity contribution in [1.82, 2.24) is 15.5 Å². The summed E-state index contributed by atoms with van der Waals surface area (Å²) in [6, 6.07) is -0.146. The van der Waals surface area contributed by atoms with Crippen LogP contribution in [0.3, 0.4) is 0 Å². The van der Waals surface area contributed by atoms with Gasteiger partial charge >= 0.3 is 6.03 Å². The van der Waals surface area contributed by atoms with E-state index in [2.05, 4.69) is 29.4 Å². The van der Waals surface area contributed by atoms with Gasteiger partial charge in [-0.3, -0.25) is 0 Å². The Hall–Kier alpha value is -0.810. The summed E-state index contributed by atoms with van der Waals surface area (Å²) in [6.07, 6.45) is 3.84. The Labute approximate surface area is 122 Å². The molecule has 1 saturated heterocycles. The highest BCUT2D eigenvalue weighted by molar-refractivity contribution is 5.73. The predicted octanol–water partition coefficient (Wildman–Crippen LogP) is 1.18. The molecule has 1 aliphatic heterocycles. The fourth-order valence-corrected chi connectivity index (χ4v) is 3.07. The number of likely N-dealkylation sites (tertiary alicyclic amines) is 1. The maximum absolute atomic E-state index is 11.7. The average molecular weight is 283 g/mol.